The van der Waals surface area contributed by atoms with Crippen molar-refractivity contribution in [2.24, 2.45) is 5.92 Å². The highest BCUT2D eigenvalue weighted by Crippen LogP contribution is 2.21. The number of benzene rings is 1. The number of amides is 1. The molecule has 104 valence electrons. The van der Waals surface area contributed by atoms with Crippen LogP contribution in [0.5, 0.6) is 5.75 Å². The third-order valence-corrected chi connectivity index (χ3v) is 3.03. The predicted octanol–water partition coefficient (Wildman–Crippen LogP) is 2.28. The van der Waals surface area contributed by atoms with E-state index in [1.165, 1.54) is 18.2 Å². The summed E-state index contributed by atoms with van der Waals surface area (Å²) in [4.78, 5) is 22.5. The third-order valence-electron chi connectivity index (χ3n) is 2.80. The molecule has 19 heavy (non-hydrogen) atoms. The van der Waals surface area contributed by atoms with Crippen LogP contribution in [0.4, 0.5) is 0 Å². The molecular formula is C13H16ClNO4. The largest absolute Gasteiger partial charge is 0.507 e. The Labute approximate surface area is 116 Å². The van der Waals surface area contributed by atoms with Crippen LogP contribution in [0.1, 0.15) is 30.1 Å². The summed E-state index contributed by atoms with van der Waals surface area (Å²) >= 11 is 5.75. The van der Waals surface area contributed by atoms with E-state index in [1.54, 1.807) is 0 Å². The molecule has 0 saturated carbocycles. The van der Waals surface area contributed by atoms with E-state index in [0.717, 1.165) is 0 Å². The first-order valence-corrected chi connectivity index (χ1v) is 6.30. The van der Waals surface area contributed by atoms with Crippen molar-refractivity contribution < 1.29 is 19.8 Å². The molecular weight excluding hydrogens is 270 g/mol. The number of aliphatic carboxylic acids is 1. The number of carboxylic acids is 1. The van der Waals surface area contributed by atoms with Crippen LogP contribution in [0.2, 0.25) is 5.02 Å². The van der Waals surface area contributed by atoms with E-state index in [1.807, 2.05) is 6.92 Å². The average molecular weight is 286 g/mol. The van der Waals surface area contributed by atoms with E-state index in [2.05, 4.69) is 5.32 Å². The van der Waals surface area contributed by atoms with Gasteiger partial charge in [-0.1, -0.05) is 24.9 Å². The van der Waals surface area contributed by atoms with E-state index in [9.17, 15) is 14.7 Å². The summed E-state index contributed by atoms with van der Waals surface area (Å²) in [6.07, 6.45) is 0.645. The van der Waals surface area contributed by atoms with Crippen LogP contribution in [-0.2, 0) is 4.79 Å². The van der Waals surface area contributed by atoms with Crippen LogP contribution >= 0.6 is 11.6 Å². The monoisotopic (exact) mass is 285 g/mol. The summed E-state index contributed by atoms with van der Waals surface area (Å²) in [6, 6.07) is 4.18. The lowest BCUT2D eigenvalue weighted by atomic mass is 10.0. The van der Waals surface area contributed by atoms with Gasteiger partial charge in [0.15, 0.2) is 0 Å². The average Bonchev–Trinajstić information content (AvgIpc) is 2.36. The van der Waals surface area contributed by atoms with Crippen LogP contribution < -0.4 is 5.32 Å². The van der Waals surface area contributed by atoms with Crippen molar-refractivity contribution in [1.29, 1.82) is 0 Å². The Morgan fingerprint density at radius 1 is 1.42 bits per heavy atom. The molecule has 0 aliphatic heterocycles. The van der Waals surface area contributed by atoms with Gasteiger partial charge in [-0.15, -0.1) is 0 Å². The van der Waals surface area contributed by atoms with Gasteiger partial charge < -0.3 is 15.5 Å². The smallest absolute Gasteiger partial charge is 0.303 e. The van der Waals surface area contributed by atoms with Crippen LogP contribution in [0, 0.1) is 5.92 Å². The Kier molecular flexibility index (Phi) is 5.63. The molecule has 3 N–H and O–H groups in total. The first kappa shape index (κ1) is 15.3. The first-order valence-electron chi connectivity index (χ1n) is 5.92. The molecule has 0 bridgehead atoms. The van der Waals surface area contributed by atoms with Gasteiger partial charge in [-0.3, -0.25) is 9.59 Å². The fourth-order valence-corrected chi connectivity index (χ4v) is 1.80. The summed E-state index contributed by atoms with van der Waals surface area (Å²) in [5.41, 5.74) is 0.0812. The fourth-order valence-electron chi connectivity index (χ4n) is 1.63. The maximum absolute atomic E-state index is 11.8. The van der Waals surface area contributed by atoms with Crippen molar-refractivity contribution >= 4 is 23.5 Å². The highest BCUT2D eigenvalue weighted by molar-refractivity contribution is 6.31. The Hall–Kier alpha value is -1.75. The summed E-state index contributed by atoms with van der Waals surface area (Å²) in [7, 11) is 0. The Bertz CT molecular complexity index is 476. The maximum Gasteiger partial charge on any atom is 0.303 e. The topological polar surface area (TPSA) is 86.6 Å². The second kappa shape index (κ2) is 6.99. The number of hydrogen-bond donors (Lipinski definition) is 3. The highest BCUT2D eigenvalue weighted by atomic mass is 35.5. The van der Waals surface area contributed by atoms with E-state index >= 15 is 0 Å². The summed E-state index contributed by atoms with van der Waals surface area (Å²) < 4.78 is 0. The lowest BCUT2D eigenvalue weighted by Gasteiger charge is -2.14. The number of nitrogens with one attached hydrogen (secondary N) is 1. The molecule has 0 aliphatic carbocycles. The molecule has 1 atom stereocenters. The summed E-state index contributed by atoms with van der Waals surface area (Å²) in [5.74, 6) is -1.66. The number of carbonyl (C=O) groups excluding carboxylic acids is 1. The number of phenols is 1. The Morgan fingerprint density at radius 2 is 2.11 bits per heavy atom. The lowest BCUT2D eigenvalue weighted by molar-refractivity contribution is -0.138. The minimum Gasteiger partial charge on any atom is -0.507 e. The minimum absolute atomic E-state index is 0.00168. The van der Waals surface area contributed by atoms with E-state index in [0.29, 0.717) is 11.4 Å². The number of rotatable bonds is 6. The van der Waals surface area contributed by atoms with Crippen LogP contribution in [0.25, 0.3) is 0 Å². The molecule has 1 rings (SSSR count). The van der Waals surface area contributed by atoms with Crippen molar-refractivity contribution in [3.05, 3.63) is 28.8 Å². The molecule has 0 heterocycles. The molecule has 0 fully saturated rings. The van der Waals surface area contributed by atoms with E-state index < -0.39 is 11.9 Å². The van der Waals surface area contributed by atoms with Crippen LogP contribution in [0.3, 0.4) is 0 Å². The molecule has 5 nitrogen and oxygen atoms in total. The van der Waals surface area contributed by atoms with Gasteiger partial charge in [-0.25, -0.2) is 0 Å². The predicted molar refractivity (Wildman–Crippen MR) is 71.5 cm³/mol. The van der Waals surface area contributed by atoms with Crippen molar-refractivity contribution in [1.82, 2.24) is 5.32 Å². The van der Waals surface area contributed by atoms with E-state index in [-0.39, 0.29) is 30.2 Å². The van der Waals surface area contributed by atoms with Gasteiger partial charge in [0.1, 0.15) is 5.75 Å². The van der Waals surface area contributed by atoms with Crippen molar-refractivity contribution in [3.8, 4) is 5.75 Å². The number of aromatic hydroxyl groups is 1. The summed E-state index contributed by atoms with van der Waals surface area (Å²) in [6.45, 7) is 2.10. The normalized spacial score (nSPS) is 11.9. The zero-order valence-corrected chi connectivity index (χ0v) is 11.3. The number of hydrogen-bond acceptors (Lipinski definition) is 3. The molecule has 1 unspecified atom stereocenters. The van der Waals surface area contributed by atoms with Gasteiger partial charge in [-0.05, 0) is 24.1 Å². The van der Waals surface area contributed by atoms with Gasteiger partial charge in [0.25, 0.3) is 5.91 Å². The Morgan fingerprint density at radius 3 is 2.68 bits per heavy atom. The lowest BCUT2D eigenvalue weighted by Crippen LogP contribution is -2.30. The number of carbonyl (C=O) groups is 2. The van der Waals surface area contributed by atoms with Gasteiger partial charge >= 0.3 is 5.97 Å². The molecule has 1 aromatic rings. The summed E-state index contributed by atoms with van der Waals surface area (Å²) in [5, 5.41) is 21.2. The zero-order valence-electron chi connectivity index (χ0n) is 10.5. The second-order valence-corrected chi connectivity index (χ2v) is 4.68. The number of carboxylic acid groups (broad SMARTS) is 1. The van der Waals surface area contributed by atoms with Gasteiger partial charge in [-0.2, -0.15) is 0 Å². The SMILES string of the molecule is CCC(CNC(=O)c1cc(Cl)ccc1O)CC(=O)O. The quantitative estimate of drug-likeness (QED) is 0.748. The molecule has 1 aromatic carbocycles. The van der Waals surface area contributed by atoms with Crippen molar-refractivity contribution in [2.45, 2.75) is 19.8 Å². The van der Waals surface area contributed by atoms with Crippen molar-refractivity contribution in [3.63, 3.8) is 0 Å². The van der Waals surface area contributed by atoms with Gasteiger partial charge in [0, 0.05) is 18.0 Å². The molecule has 0 radical (unpaired) electrons. The molecule has 0 spiro atoms. The number of phenolic OH excluding ortho intramolecular Hbond substituents is 1. The Balaban J connectivity index is 2.64. The zero-order chi connectivity index (χ0) is 14.4. The van der Waals surface area contributed by atoms with Gasteiger partial charge in [0.05, 0.1) is 5.56 Å². The third kappa shape index (κ3) is 4.79. The molecule has 1 amide bonds. The maximum atomic E-state index is 11.8. The molecule has 6 heteroatoms. The highest BCUT2D eigenvalue weighted by Gasteiger charge is 2.15. The second-order valence-electron chi connectivity index (χ2n) is 4.24. The van der Waals surface area contributed by atoms with Crippen LogP contribution in [-0.4, -0.2) is 28.6 Å². The van der Waals surface area contributed by atoms with Gasteiger partial charge in [0.2, 0.25) is 0 Å². The standard InChI is InChI=1S/C13H16ClNO4/c1-2-8(5-12(17)18)7-15-13(19)10-6-9(14)3-4-11(10)16/h3-4,6,8,16H,2,5,7H2,1H3,(H,15,19)(H,17,18). The first-order chi connectivity index (χ1) is 8.93. The van der Waals surface area contributed by atoms with E-state index in [4.69, 9.17) is 16.7 Å². The van der Waals surface area contributed by atoms with Crippen LogP contribution in [0.15, 0.2) is 18.2 Å². The fraction of sp³-hybridized carbons (Fsp3) is 0.385. The van der Waals surface area contributed by atoms with Crippen molar-refractivity contribution in [2.75, 3.05) is 6.54 Å². The molecule has 0 saturated heterocycles. The number of halogens is 1. The minimum atomic E-state index is -0.897. The molecule has 0 aromatic heterocycles. The molecule has 0 aliphatic rings.